The molecule has 0 radical (unpaired) electrons. The molecule has 0 saturated carbocycles. The lowest BCUT2D eigenvalue weighted by molar-refractivity contribution is -0.122. The van der Waals surface area contributed by atoms with Crippen molar-refractivity contribution in [3.8, 4) is 17.1 Å². The number of ether oxygens (including phenoxy) is 1. The fraction of sp³-hybridized carbons (Fsp3) is 0.241. The number of halogens is 1. The summed E-state index contributed by atoms with van der Waals surface area (Å²) in [7, 11) is -3.63. The van der Waals surface area contributed by atoms with E-state index in [4.69, 9.17) is 20.8 Å². The number of sulfonamides is 1. The molecule has 3 aromatic carbocycles. The van der Waals surface area contributed by atoms with Crippen LogP contribution in [0, 0.1) is 0 Å². The van der Waals surface area contributed by atoms with E-state index in [1.54, 1.807) is 69.3 Å². The topological polar surface area (TPSA) is 106 Å². The number of carbonyl (C=O) groups excluding carboxylic acids is 1. The third-order valence-corrected chi connectivity index (χ3v) is 8.66. The van der Waals surface area contributed by atoms with Crippen molar-refractivity contribution in [2.75, 3.05) is 18.4 Å². The van der Waals surface area contributed by atoms with E-state index in [1.165, 1.54) is 28.6 Å². The van der Waals surface area contributed by atoms with Crippen LogP contribution in [-0.2, 0) is 14.8 Å². The Morgan fingerprint density at radius 2 is 1.62 bits per heavy atom. The summed E-state index contributed by atoms with van der Waals surface area (Å²) in [6.45, 7) is 6.00. The van der Waals surface area contributed by atoms with Crippen molar-refractivity contribution >= 4 is 44.2 Å². The molecule has 1 amide bonds. The van der Waals surface area contributed by atoms with Gasteiger partial charge in [0.1, 0.15) is 5.58 Å². The Kier molecular flexibility index (Phi) is 8.74. The summed E-state index contributed by atoms with van der Waals surface area (Å²) in [4.78, 5) is 26.8. The number of carbonyl (C=O) groups is 1. The largest absolute Gasteiger partial charge is 0.473 e. The Morgan fingerprint density at radius 3 is 2.26 bits per heavy atom. The van der Waals surface area contributed by atoms with E-state index in [9.17, 15) is 18.0 Å². The predicted octanol–water partition coefficient (Wildman–Crippen LogP) is 5.94. The molecule has 1 unspecified atom stereocenters. The second-order valence-electron chi connectivity index (χ2n) is 8.68. The van der Waals surface area contributed by atoms with E-state index in [1.807, 2.05) is 0 Å². The Hall–Kier alpha value is -3.66. The normalized spacial score (nSPS) is 12.4. The van der Waals surface area contributed by atoms with Crippen molar-refractivity contribution in [1.82, 2.24) is 4.31 Å². The van der Waals surface area contributed by atoms with Crippen molar-refractivity contribution < 1.29 is 22.4 Å². The van der Waals surface area contributed by atoms with Gasteiger partial charge in [-0.3, -0.25) is 9.59 Å². The summed E-state index contributed by atoms with van der Waals surface area (Å²) < 4.78 is 39.0. The molecule has 0 aliphatic heterocycles. The molecule has 0 spiro atoms. The lowest BCUT2D eigenvalue weighted by Gasteiger charge is -2.20. The standard InChI is InChI=1S/C29H29ClN2O6S/c1-4-24(29(34)31-19-15-17-20(18-16-19)39(35,36)32(5-2)6-3)37-28-26(33)22-12-8-10-14-25(22)38-27(28)21-11-7-9-13-23(21)30/h7-18,24H,4-6H2,1-3H3,(H,31,34). The van der Waals surface area contributed by atoms with Crippen molar-refractivity contribution in [2.45, 2.75) is 38.2 Å². The van der Waals surface area contributed by atoms with E-state index in [0.717, 1.165) is 0 Å². The van der Waals surface area contributed by atoms with E-state index < -0.39 is 27.5 Å². The van der Waals surface area contributed by atoms with Crippen LogP contribution in [0.5, 0.6) is 5.75 Å². The maximum absolute atomic E-state index is 13.5. The number of hydrogen-bond donors (Lipinski definition) is 1. The summed E-state index contributed by atoms with van der Waals surface area (Å²) in [6, 6.07) is 19.6. The van der Waals surface area contributed by atoms with Crippen molar-refractivity contribution in [3.05, 3.63) is 88.0 Å². The van der Waals surface area contributed by atoms with Gasteiger partial charge in [-0.05, 0) is 55.0 Å². The average molecular weight is 569 g/mol. The number of para-hydroxylation sites is 1. The first kappa shape index (κ1) is 28.4. The minimum Gasteiger partial charge on any atom is -0.473 e. The van der Waals surface area contributed by atoms with Gasteiger partial charge in [0, 0.05) is 24.3 Å². The molecule has 204 valence electrons. The molecule has 0 aliphatic carbocycles. The first-order valence-electron chi connectivity index (χ1n) is 12.6. The van der Waals surface area contributed by atoms with E-state index in [0.29, 0.717) is 40.3 Å². The Bertz CT molecular complexity index is 1650. The van der Waals surface area contributed by atoms with Crippen LogP contribution in [-0.4, -0.2) is 37.8 Å². The number of benzene rings is 3. The first-order valence-corrected chi connectivity index (χ1v) is 14.4. The van der Waals surface area contributed by atoms with Crippen LogP contribution in [0.4, 0.5) is 5.69 Å². The van der Waals surface area contributed by atoms with Crippen molar-refractivity contribution in [3.63, 3.8) is 0 Å². The highest BCUT2D eigenvalue weighted by Gasteiger charge is 2.26. The second kappa shape index (κ2) is 12.0. The Labute approximate surface area is 232 Å². The summed E-state index contributed by atoms with van der Waals surface area (Å²) in [5, 5.41) is 3.41. The Morgan fingerprint density at radius 1 is 0.974 bits per heavy atom. The smallest absolute Gasteiger partial charge is 0.265 e. The average Bonchev–Trinajstić information content (AvgIpc) is 2.93. The molecule has 4 aromatic rings. The quantitative estimate of drug-likeness (QED) is 0.254. The fourth-order valence-corrected chi connectivity index (χ4v) is 5.84. The number of hydrogen-bond acceptors (Lipinski definition) is 6. The molecule has 1 atom stereocenters. The molecule has 8 nitrogen and oxygen atoms in total. The van der Waals surface area contributed by atoms with E-state index in [2.05, 4.69) is 5.32 Å². The van der Waals surface area contributed by atoms with Crippen LogP contribution in [0.25, 0.3) is 22.3 Å². The summed E-state index contributed by atoms with van der Waals surface area (Å²) in [5.74, 6) is -0.500. The molecule has 0 bridgehead atoms. The zero-order valence-corrected chi connectivity index (χ0v) is 23.4. The molecule has 0 aliphatic rings. The van der Waals surface area contributed by atoms with Gasteiger partial charge >= 0.3 is 0 Å². The lowest BCUT2D eigenvalue weighted by Crippen LogP contribution is -2.34. The number of nitrogens with zero attached hydrogens (tertiary/aromatic N) is 1. The minimum absolute atomic E-state index is 0.121. The number of anilines is 1. The molecule has 0 saturated heterocycles. The summed E-state index contributed by atoms with van der Waals surface area (Å²) in [6.07, 6.45) is -0.802. The lowest BCUT2D eigenvalue weighted by atomic mass is 10.1. The zero-order valence-electron chi connectivity index (χ0n) is 21.8. The number of rotatable bonds is 10. The van der Waals surface area contributed by atoms with E-state index >= 15 is 0 Å². The molecule has 1 N–H and O–H groups in total. The van der Waals surface area contributed by atoms with Crippen LogP contribution in [0.3, 0.4) is 0 Å². The van der Waals surface area contributed by atoms with Gasteiger partial charge in [-0.2, -0.15) is 4.31 Å². The fourth-order valence-electron chi connectivity index (χ4n) is 4.16. The monoisotopic (exact) mass is 568 g/mol. The van der Waals surface area contributed by atoms with Gasteiger partial charge in [-0.25, -0.2) is 8.42 Å². The van der Waals surface area contributed by atoms with Crippen LogP contribution in [0.2, 0.25) is 5.02 Å². The van der Waals surface area contributed by atoms with Crippen LogP contribution in [0.15, 0.2) is 86.9 Å². The maximum Gasteiger partial charge on any atom is 0.265 e. The van der Waals surface area contributed by atoms with Gasteiger partial charge in [0.15, 0.2) is 11.9 Å². The molecular weight excluding hydrogens is 540 g/mol. The molecule has 39 heavy (non-hydrogen) atoms. The van der Waals surface area contributed by atoms with Gasteiger partial charge in [-0.1, -0.05) is 56.6 Å². The van der Waals surface area contributed by atoms with Gasteiger partial charge in [-0.15, -0.1) is 0 Å². The van der Waals surface area contributed by atoms with Gasteiger partial charge in [0.05, 0.1) is 15.3 Å². The zero-order chi connectivity index (χ0) is 28.2. The molecule has 0 fully saturated rings. The molecule has 4 rings (SSSR count). The summed E-state index contributed by atoms with van der Waals surface area (Å²) >= 11 is 6.41. The van der Waals surface area contributed by atoms with Crippen molar-refractivity contribution in [1.29, 1.82) is 0 Å². The molecule has 1 heterocycles. The van der Waals surface area contributed by atoms with Gasteiger partial charge in [0.25, 0.3) is 5.91 Å². The minimum atomic E-state index is -3.63. The SMILES string of the molecule is CCC(Oc1c(-c2ccccc2Cl)oc2ccccc2c1=O)C(=O)Nc1ccc(S(=O)(=O)N(CC)CC)cc1. The highest BCUT2D eigenvalue weighted by atomic mass is 35.5. The molecule has 1 aromatic heterocycles. The highest BCUT2D eigenvalue weighted by molar-refractivity contribution is 7.89. The molecule has 10 heteroatoms. The Balaban J connectivity index is 1.64. The third kappa shape index (κ3) is 5.85. The van der Waals surface area contributed by atoms with Crippen LogP contribution in [0.1, 0.15) is 27.2 Å². The van der Waals surface area contributed by atoms with Gasteiger partial charge < -0.3 is 14.5 Å². The third-order valence-electron chi connectivity index (χ3n) is 6.26. The summed E-state index contributed by atoms with van der Waals surface area (Å²) in [5.41, 5.74) is 0.778. The number of amides is 1. The number of nitrogens with one attached hydrogen (secondary N) is 1. The maximum atomic E-state index is 13.5. The highest BCUT2D eigenvalue weighted by Crippen LogP contribution is 2.36. The van der Waals surface area contributed by atoms with Crippen molar-refractivity contribution in [2.24, 2.45) is 0 Å². The number of fused-ring (bicyclic) bond motifs is 1. The van der Waals surface area contributed by atoms with Gasteiger partial charge in [0.2, 0.25) is 21.2 Å². The molecular formula is C29H29ClN2O6S. The first-order chi connectivity index (χ1) is 18.7. The predicted molar refractivity (Wildman–Crippen MR) is 153 cm³/mol. The van der Waals surface area contributed by atoms with E-state index in [-0.39, 0.29) is 22.8 Å². The second-order valence-corrected chi connectivity index (χ2v) is 11.0. The van der Waals surface area contributed by atoms with Crippen LogP contribution >= 0.6 is 11.6 Å². The van der Waals surface area contributed by atoms with Crippen LogP contribution < -0.4 is 15.5 Å².